The summed E-state index contributed by atoms with van der Waals surface area (Å²) in [6, 6.07) is 20.1. The number of amides is 1. The van der Waals surface area contributed by atoms with E-state index in [0.29, 0.717) is 18.8 Å². The van der Waals surface area contributed by atoms with E-state index in [1.165, 1.54) is 18.7 Å². The zero-order valence-electron chi connectivity index (χ0n) is 16.6. The van der Waals surface area contributed by atoms with Gasteiger partial charge in [-0.1, -0.05) is 30.3 Å². The fraction of sp³-hybridized carbons (Fsp3) is 0.227. The van der Waals surface area contributed by atoms with E-state index in [0.717, 1.165) is 10.5 Å². The number of benzene rings is 2. The van der Waals surface area contributed by atoms with Crippen LogP contribution in [0, 0.1) is 0 Å². The van der Waals surface area contributed by atoms with Crippen LogP contribution in [0.5, 0.6) is 5.75 Å². The van der Waals surface area contributed by atoms with Gasteiger partial charge in [-0.25, -0.2) is 0 Å². The van der Waals surface area contributed by atoms with Gasteiger partial charge in [0.2, 0.25) is 5.91 Å². The van der Waals surface area contributed by atoms with E-state index < -0.39 is 10.1 Å². The van der Waals surface area contributed by atoms with Gasteiger partial charge < -0.3 is 13.5 Å². The lowest BCUT2D eigenvalue weighted by Crippen LogP contribution is -2.31. The zero-order chi connectivity index (χ0) is 21.4. The van der Waals surface area contributed by atoms with Crippen LogP contribution in [0.4, 0.5) is 0 Å². The van der Waals surface area contributed by atoms with Crippen LogP contribution < -0.4 is 4.18 Å². The normalized spacial score (nSPS) is 11.2. The summed E-state index contributed by atoms with van der Waals surface area (Å²) in [6.07, 6.45) is 1.57. The third-order valence-electron chi connectivity index (χ3n) is 4.23. The molecule has 6 nitrogen and oxygen atoms in total. The first kappa shape index (κ1) is 22.0. The molecule has 0 unspecified atom stereocenters. The molecule has 0 aliphatic rings. The Morgan fingerprint density at radius 3 is 2.53 bits per heavy atom. The Morgan fingerprint density at radius 2 is 1.83 bits per heavy atom. The van der Waals surface area contributed by atoms with Crippen molar-refractivity contribution >= 4 is 27.8 Å². The van der Waals surface area contributed by atoms with Gasteiger partial charge in [0, 0.05) is 11.4 Å². The highest BCUT2D eigenvalue weighted by molar-refractivity contribution is 8.00. The predicted molar refractivity (Wildman–Crippen MR) is 117 cm³/mol. The lowest BCUT2D eigenvalue weighted by molar-refractivity contribution is -0.129. The number of carbonyl (C=O) groups is 1. The summed E-state index contributed by atoms with van der Waals surface area (Å²) < 4.78 is 34.0. The van der Waals surface area contributed by atoms with E-state index in [4.69, 9.17) is 8.60 Å². The van der Waals surface area contributed by atoms with E-state index in [1.54, 1.807) is 35.4 Å². The molecule has 0 fully saturated rings. The highest BCUT2D eigenvalue weighted by Gasteiger charge is 2.17. The molecule has 0 saturated heterocycles. The third-order valence-corrected chi connectivity index (χ3v) is 6.38. The van der Waals surface area contributed by atoms with Crippen LogP contribution >= 0.6 is 11.8 Å². The largest absolute Gasteiger partial charge is 0.467 e. The molecule has 0 aliphatic carbocycles. The molecule has 1 amide bonds. The number of carbonyl (C=O) groups excluding carboxylic acids is 1. The minimum Gasteiger partial charge on any atom is -0.467 e. The van der Waals surface area contributed by atoms with Gasteiger partial charge in [0.1, 0.15) is 11.5 Å². The van der Waals surface area contributed by atoms with Crippen LogP contribution in [-0.2, 0) is 28.0 Å². The predicted octanol–water partition coefficient (Wildman–Crippen LogP) is 4.33. The van der Waals surface area contributed by atoms with Gasteiger partial charge in [0.05, 0.1) is 24.3 Å². The zero-order valence-corrected chi connectivity index (χ0v) is 18.2. The van der Waals surface area contributed by atoms with Crippen LogP contribution in [0.15, 0.2) is 82.3 Å². The number of rotatable bonds is 10. The summed E-state index contributed by atoms with van der Waals surface area (Å²) in [4.78, 5) is 15.6. The van der Waals surface area contributed by atoms with Crippen LogP contribution in [-0.4, -0.2) is 30.7 Å². The third kappa shape index (κ3) is 6.67. The average Bonchev–Trinajstić information content (AvgIpc) is 3.25. The lowest BCUT2D eigenvalue weighted by Gasteiger charge is -2.22. The van der Waals surface area contributed by atoms with E-state index in [2.05, 4.69) is 0 Å². The minimum absolute atomic E-state index is 0.0484. The molecular formula is C22H23NO5S2. The smallest absolute Gasteiger partial charge is 0.308 e. The van der Waals surface area contributed by atoms with Gasteiger partial charge in [-0.05, 0) is 48.9 Å². The van der Waals surface area contributed by atoms with Crippen LogP contribution in [0.2, 0.25) is 0 Å². The Morgan fingerprint density at radius 1 is 1.03 bits per heavy atom. The quantitative estimate of drug-likeness (QED) is 0.342. The molecule has 158 valence electrons. The first-order valence-electron chi connectivity index (χ1n) is 9.44. The molecule has 1 heterocycles. The maximum absolute atomic E-state index is 12.9. The number of nitrogens with zero attached hydrogens (tertiary/aromatic N) is 1. The van der Waals surface area contributed by atoms with Crippen LogP contribution in [0.3, 0.4) is 0 Å². The van der Waals surface area contributed by atoms with Crippen LogP contribution in [0.1, 0.15) is 18.2 Å². The summed E-state index contributed by atoms with van der Waals surface area (Å²) in [5.41, 5.74) is 0.767. The summed E-state index contributed by atoms with van der Waals surface area (Å²) in [5.74, 6) is 1.03. The fourth-order valence-corrected chi connectivity index (χ4v) is 4.03. The highest BCUT2D eigenvalue weighted by atomic mass is 32.2. The number of furan rings is 1. The first-order chi connectivity index (χ1) is 14.4. The van der Waals surface area contributed by atoms with Gasteiger partial charge in [-0.3, -0.25) is 4.79 Å². The van der Waals surface area contributed by atoms with Crippen molar-refractivity contribution in [2.45, 2.75) is 24.9 Å². The maximum atomic E-state index is 12.9. The molecule has 0 bridgehead atoms. The van der Waals surface area contributed by atoms with Gasteiger partial charge >= 0.3 is 10.1 Å². The summed E-state index contributed by atoms with van der Waals surface area (Å²) >= 11 is 1.47. The Bertz CT molecular complexity index is 1050. The van der Waals surface area contributed by atoms with Gasteiger partial charge in [0.15, 0.2) is 0 Å². The molecule has 2 aromatic carbocycles. The van der Waals surface area contributed by atoms with Crippen molar-refractivity contribution in [3.05, 3.63) is 84.3 Å². The van der Waals surface area contributed by atoms with Crippen molar-refractivity contribution in [3.63, 3.8) is 0 Å². The number of hydrogen-bond donors (Lipinski definition) is 0. The van der Waals surface area contributed by atoms with Crippen molar-refractivity contribution in [1.82, 2.24) is 4.90 Å². The van der Waals surface area contributed by atoms with Crippen LogP contribution in [0.25, 0.3) is 0 Å². The molecule has 8 heteroatoms. The lowest BCUT2D eigenvalue weighted by atomic mass is 10.2. The Labute approximate surface area is 181 Å². The molecule has 0 aliphatic heterocycles. The molecule has 0 atom stereocenters. The molecule has 0 saturated carbocycles. The van der Waals surface area contributed by atoms with Crippen molar-refractivity contribution in [2.75, 3.05) is 11.5 Å². The topological polar surface area (TPSA) is 76.8 Å². The number of hydrogen-bond acceptors (Lipinski definition) is 6. The molecule has 0 N–H and O–H groups in total. The Kier molecular flexibility index (Phi) is 7.59. The SMILES string of the molecule is CCS(=O)(=O)Oc1cccc(CN(Cc2ccco2)C(=O)CSc2ccccc2)c1. The molecule has 0 spiro atoms. The average molecular weight is 446 g/mol. The maximum Gasteiger partial charge on any atom is 0.308 e. The van der Waals surface area contributed by atoms with Crippen molar-refractivity contribution in [3.8, 4) is 5.75 Å². The first-order valence-corrected chi connectivity index (χ1v) is 12.0. The second-order valence-electron chi connectivity index (χ2n) is 6.51. The fourth-order valence-electron chi connectivity index (χ4n) is 2.70. The second-order valence-corrected chi connectivity index (χ2v) is 9.42. The summed E-state index contributed by atoms with van der Waals surface area (Å²) in [5, 5.41) is 0. The van der Waals surface area contributed by atoms with E-state index in [9.17, 15) is 13.2 Å². The number of thioether (sulfide) groups is 1. The monoisotopic (exact) mass is 445 g/mol. The molecule has 1 aromatic heterocycles. The highest BCUT2D eigenvalue weighted by Crippen LogP contribution is 2.21. The van der Waals surface area contributed by atoms with Crippen molar-refractivity contribution in [2.24, 2.45) is 0 Å². The van der Waals surface area contributed by atoms with Gasteiger partial charge in [-0.2, -0.15) is 8.42 Å². The van der Waals surface area contributed by atoms with Crippen molar-refractivity contribution < 1.29 is 21.8 Å². The molecule has 3 aromatic rings. The minimum atomic E-state index is -3.61. The molecule has 30 heavy (non-hydrogen) atoms. The Balaban J connectivity index is 1.73. The molecular weight excluding hydrogens is 422 g/mol. The van der Waals surface area contributed by atoms with Gasteiger partial charge in [0.25, 0.3) is 0 Å². The van der Waals surface area contributed by atoms with E-state index in [1.807, 2.05) is 42.5 Å². The standard InChI is InChI=1S/C22H23NO5S2/c1-2-30(25,26)28-19-9-6-8-18(14-19)15-23(16-20-10-7-13-27-20)22(24)17-29-21-11-4-3-5-12-21/h3-14H,2,15-17H2,1H3. The van der Waals surface area contributed by atoms with Gasteiger partial charge in [-0.15, -0.1) is 11.8 Å². The van der Waals surface area contributed by atoms with E-state index in [-0.39, 0.29) is 23.2 Å². The summed E-state index contributed by atoms with van der Waals surface area (Å²) in [7, 11) is -3.61. The van der Waals surface area contributed by atoms with Crippen molar-refractivity contribution in [1.29, 1.82) is 0 Å². The van der Waals surface area contributed by atoms with E-state index >= 15 is 0 Å². The summed E-state index contributed by atoms with van der Waals surface area (Å²) in [6.45, 7) is 2.14. The Hall–Kier alpha value is -2.71. The second kappa shape index (κ2) is 10.4. The molecule has 0 radical (unpaired) electrons. The molecule has 3 rings (SSSR count).